The van der Waals surface area contributed by atoms with Crippen molar-refractivity contribution in [2.45, 2.75) is 6.92 Å². The quantitative estimate of drug-likeness (QED) is 0.242. The van der Waals surface area contributed by atoms with E-state index in [1.54, 1.807) is 31.2 Å². The third kappa shape index (κ3) is 2.42. The number of nitro benzene ring substituents is 1. The lowest BCUT2D eigenvalue weighted by atomic mass is 10.0. The molecule has 0 aliphatic rings. The molecule has 0 spiro atoms. The van der Waals surface area contributed by atoms with Crippen molar-refractivity contribution in [1.82, 2.24) is 0 Å². The van der Waals surface area contributed by atoms with E-state index in [1.807, 2.05) is 0 Å². The Morgan fingerprint density at radius 1 is 1.22 bits per heavy atom. The molecule has 7 heteroatoms. The predicted molar refractivity (Wildman–Crippen MR) is 82.6 cm³/mol. The van der Waals surface area contributed by atoms with Gasteiger partial charge in [0, 0.05) is 5.39 Å². The molecule has 0 radical (unpaired) electrons. The minimum absolute atomic E-state index is 0.0495. The van der Waals surface area contributed by atoms with Gasteiger partial charge in [-0.15, -0.1) is 0 Å². The molecule has 0 atom stereocenters. The molecule has 23 heavy (non-hydrogen) atoms. The Hall–Kier alpha value is -3.22. The molecule has 0 fully saturated rings. The predicted octanol–water partition coefficient (Wildman–Crippen LogP) is 3.03. The molecule has 0 saturated carbocycles. The topological polar surface area (TPSA) is 99.7 Å². The van der Waals surface area contributed by atoms with Crippen molar-refractivity contribution in [2.24, 2.45) is 0 Å². The fraction of sp³-hybridized carbons (Fsp3) is 0.125. The molecule has 1 heterocycles. The maximum Gasteiger partial charge on any atom is 0.351 e. The summed E-state index contributed by atoms with van der Waals surface area (Å²) in [5.74, 6) is -0.786. The van der Waals surface area contributed by atoms with Crippen LogP contribution in [0.5, 0.6) is 0 Å². The van der Waals surface area contributed by atoms with Crippen LogP contribution in [0, 0.1) is 10.1 Å². The monoisotopic (exact) mass is 313 g/mol. The van der Waals surface area contributed by atoms with E-state index < -0.39 is 16.5 Å². The Morgan fingerprint density at radius 2 is 1.91 bits per heavy atom. The minimum Gasteiger partial charge on any atom is -0.462 e. The van der Waals surface area contributed by atoms with Crippen LogP contribution in [0.2, 0.25) is 0 Å². The molecule has 3 rings (SSSR count). The van der Waals surface area contributed by atoms with E-state index >= 15 is 0 Å². The second-order valence-corrected chi connectivity index (χ2v) is 4.78. The normalized spacial score (nSPS) is 10.8. The lowest BCUT2D eigenvalue weighted by Crippen LogP contribution is -2.16. The molecule has 7 nitrogen and oxygen atoms in total. The number of non-ortho nitro benzene ring substituents is 1. The number of esters is 1. The van der Waals surface area contributed by atoms with E-state index in [-0.39, 0.29) is 23.4 Å². The van der Waals surface area contributed by atoms with E-state index in [9.17, 15) is 19.7 Å². The molecule has 1 aromatic heterocycles. The molecule has 0 bridgehead atoms. The molecular weight excluding hydrogens is 302 g/mol. The Kier molecular flexibility index (Phi) is 3.53. The van der Waals surface area contributed by atoms with Crippen LogP contribution in [0.3, 0.4) is 0 Å². The summed E-state index contributed by atoms with van der Waals surface area (Å²) in [5.41, 5.74) is -1.24. The van der Waals surface area contributed by atoms with Crippen LogP contribution in [0.15, 0.2) is 45.6 Å². The molecule has 0 amide bonds. The van der Waals surface area contributed by atoms with Gasteiger partial charge in [0.25, 0.3) is 5.69 Å². The number of benzene rings is 2. The van der Waals surface area contributed by atoms with Crippen molar-refractivity contribution in [3.63, 3.8) is 0 Å². The van der Waals surface area contributed by atoms with Crippen molar-refractivity contribution >= 4 is 33.4 Å². The van der Waals surface area contributed by atoms with Crippen molar-refractivity contribution < 1.29 is 18.9 Å². The fourth-order valence-corrected chi connectivity index (χ4v) is 2.45. The maximum absolute atomic E-state index is 11.9. The van der Waals surface area contributed by atoms with Gasteiger partial charge in [-0.1, -0.05) is 18.2 Å². The number of nitro groups is 1. The SMILES string of the molecule is CCOC(=O)c1cc2c(cc([N+](=O)[O-])c3ccccc32)oc1=O. The van der Waals surface area contributed by atoms with Gasteiger partial charge in [0.1, 0.15) is 11.1 Å². The van der Waals surface area contributed by atoms with Crippen molar-refractivity contribution in [3.8, 4) is 0 Å². The molecule has 116 valence electrons. The molecule has 2 aromatic carbocycles. The summed E-state index contributed by atoms with van der Waals surface area (Å²) < 4.78 is 9.92. The molecule has 0 aliphatic carbocycles. The zero-order chi connectivity index (χ0) is 16.6. The first-order valence-corrected chi connectivity index (χ1v) is 6.84. The molecule has 0 aliphatic heterocycles. The van der Waals surface area contributed by atoms with E-state index in [0.29, 0.717) is 16.2 Å². The van der Waals surface area contributed by atoms with E-state index in [1.165, 1.54) is 12.1 Å². The largest absolute Gasteiger partial charge is 0.462 e. The first-order valence-electron chi connectivity index (χ1n) is 6.84. The Morgan fingerprint density at radius 3 is 2.57 bits per heavy atom. The van der Waals surface area contributed by atoms with Crippen LogP contribution in [0.4, 0.5) is 5.69 Å². The highest BCUT2D eigenvalue weighted by Gasteiger charge is 2.20. The fourth-order valence-electron chi connectivity index (χ4n) is 2.45. The molecule has 0 N–H and O–H groups in total. The van der Waals surface area contributed by atoms with Gasteiger partial charge < -0.3 is 9.15 Å². The smallest absolute Gasteiger partial charge is 0.351 e. The van der Waals surface area contributed by atoms with Crippen LogP contribution < -0.4 is 5.63 Å². The number of ether oxygens (including phenoxy) is 1. The van der Waals surface area contributed by atoms with Crippen LogP contribution in [0.25, 0.3) is 21.7 Å². The van der Waals surface area contributed by atoms with Crippen LogP contribution in [-0.2, 0) is 4.74 Å². The highest BCUT2D eigenvalue weighted by Crippen LogP contribution is 2.32. The summed E-state index contributed by atoms with van der Waals surface area (Å²) in [6.45, 7) is 1.75. The molecular formula is C16H11NO6. The van der Waals surface area contributed by atoms with Crippen LogP contribution in [-0.4, -0.2) is 17.5 Å². The summed E-state index contributed by atoms with van der Waals surface area (Å²) in [6, 6.07) is 9.19. The zero-order valence-corrected chi connectivity index (χ0v) is 12.1. The second-order valence-electron chi connectivity index (χ2n) is 4.78. The summed E-state index contributed by atoms with van der Waals surface area (Å²) in [7, 11) is 0. The average Bonchev–Trinajstić information content (AvgIpc) is 2.53. The van der Waals surface area contributed by atoms with Crippen molar-refractivity contribution in [1.29, 1.82) is 0 Å². The lowest BCUT2D eigenvalue weighted by Gasteiger charge is -2.06. The third-order valence-electron chi connectivity index (χ3n) is 3.43. The summed E-state index contributed by atoms with van der Waals surface area (Å²) in [4.78, 5) is 34.4. The first-order chi connectivity index (χ1) is 11.0. The number of nitrogens with zero attached hydrogens (tertiary/aromatic N) is 1. The molecule has 0 unspecified atom stereocenters. The summed E-state index contributed by atoms with van der Waals surface area (Å²) in [6.07, 6.45) is 0. The Bertz CT molecular complexity index is 1000. The van der Waals surface area contributed by atoms with Gasteiger partial charge in [0.15, 0.2) is 0 Å². The van der Waals surface area contributed by atoms with Gasteiger partial charge in [-0.05, 0) is 24.4 Å². The number of fused-ring (bicyclic) bond motifs is 3. The van der Waals surface area contributed by atoms with Crippen molar-refractivity contribution in [3.05, 3.63) is 62.5 Å². The second kappa shape index (κ2) is 5.53. The van der Waals surface area contributed by atoms with Crippen LogP contribution >= 0.6 is 0 Å². The Labute approximate surface area is 129 Å². The number of rotatable bonds is 3. The Balaban J connectivity index is 2.41. The van der Waals surface area contributed by atoms with Crippen molar-refractivity contribution in [2.75, 3.05) is 6.61 Å². The highest BCUT2D eigenvalue weighted by atomic mass is 16.6. The van der Waals surface area contributed by atoms with Gasteiger partial charge in [-0.3, -0.25) is 10.1 Å². The zero-order valence-electron chi connectivity index (χ0n) is 12.1. The van der Waals surface area contributed by atoms with Gasteiger partial charge >= 0.3 is 11.6 Å². The van der Waals surface area contributed by atoms with Gasteiger partial charge in [-0.25, -0.2) is 9.59 Å². The number of hydrogen-bond donors (Lipinski definition) is 0. The van der Waals surface area contributed by atoms with Crippen LogP contribution in [0.1, 0.15) is 17.3 Å². The number of carbonyl (C=O) groups excluding carboxylic acids is 1. The lowest BCUT2D eigenvalue weighted by molar-refractivity contribution is -0.383. The number of carbonyl (C=O) groups is 1. The molecule has 3 aromatic rings. The van der Waals surface area contributed by atoms with Gasteiger partial charge in [-0.2, -0.15) is 0 Å². The van der Waals surface area contributed by atoms with Gasteiger partial charge in [0.05, 0.1) is 23.0 Å². The average molecular weight is 313 g/mol. The highest BCUT2D eigenvalue weighted by molar-refractivity contribution is 6.11. The molecule has 0 saturated heterocycles. The standard InChI is InChI=1S/C16H11NO6/c1-2-22-15(18)12-7-11-9-5-3-4-6-10(9)13(17(20)21)8-14(11)23-16(12)19/h3-8H,2H2,1H3. The van der Waals surface area contributed by atoms with E-state index in [0.717, 1.165) is 0 Å². The van der Waals surface area contributed by atoms with E-state index in [4.69, 9.17) is 9.15 Å². The third-order valence-corrected chi connectivity index (χ3v) is 3.43. The summed E-state index contributed by atoms with van der Waals surface area (Å²) >= 11 is 0. The van der Waals surface area contributed by atoms with Gasteiger partial charge in [0.2, 0.25) is 0 Å². The first kappa shape index (κ1) is 14.7. The van der Waals surface area contributed by atoms with E-state index in [2.05, 4.69) is 0 Å². The minimum atomic E-state index is -0.888. The maximum atomic E-state index is 11.9. The summed E-state index contributed by atoms with van der Waals surface area (Å²) in [5, 5.41) is 12.6. The number of hydrogen-bond acceptors (Lipinski definition) is 6.